The standard InChI is InChI=1S/C26H26N4O4/c31-23-15-29-16-28-21-7-10-30(26(32)19-5-6-22-17(13-19)8-12-34-22)24(25(21)29)18-3-1-4-20(14-18)33-11-2-9-27-23/h1,3-6,13-14,16,24H,2,7-12,15H2,(H,27,31). The highest BCUT2D eigenvalue weighted by atomic mass is 16.5. The van der Waals surface area contributed by atoms with E-state index < -0.39 is 0 Å². The average molecular weight is 459 g/mol. The molecule has 4 heterocycles. The van der Waals surface area contributed by atoms with Crippen molar-refractivity contribution in [1.82, 2.24) is 19.8 Å². The lowest BCUT2D eigenvalue weighted by Gasteiger charge is -2.37. The summed E-state index contributed by atoms with van der Waals surface area (Å²) in [6, 6.07) is 13.2. The average Bonchev–Trinajstić information content (AvgIpc) is 3.49. The summed E-state index contributed by atoms with van der Waals surface area (Å²) in [5.41, 5.74) is 4.46. The summed E-state index contributed by atoms with van der Waals surface area (Å²) in [5.74, 6) is 1.49. The first kappa shape index (κ1) is 20.8. The van der Waals surface area contributed by atoms with Gasteiger partial charge in [0.25, 0.3) is 5.91 Å². The topological polar surface area (TPSA) is 85.7 Å². The van der Waals surface area contributed by atoms with Crippen LogP contribution in [0.5, 0.6) is 11.5 Å². The number of imidazole rings is 1. The third-order valence-corrected chi connectivity index (χ3v) is 6.72. The zero-order valence-corrected chi connectivity index (χ0v) is 18.8. The quantitative estimate of drug-likeness (QED) is 0.606. The highest BCUT2D eigenvalue weighted by Gasteiger charge is 2.36. The second-order valence-electron chi connectivity index (χ2n) is 8.90. The molecule has 2 bridgehead atoms. The van der Waals surface area contributed by atoms with Gasteiger partial charge in [-0.2, -0.15) is 0 Å². The van der Waals surface area contributed by atoms with E-state index in [1.54, 1.807) is 6.33 Å². The monoisotopic (exact) mass is 458 g/mol. The molecule has 3 aliphatic rings. The van der Waals surface area contributed by atoms with Crippen molar-refractivity contribution < 1.29 is 19.1 Å². The summed E-state index contributed by atoms with van der Waals surface area (Å²) in [7, 11) is 0. The van der Waals surface area contributed by atoms with Crippen molar-refractivity contribution in [2.45, 2.75) is 31.8 Å². The van der Waals surface area contributed by atoms with Gasteiger partial charge in [-0.15, -0.1) is 0 Å². The maximum absolute atomic E-state index is 13.9. The molecule has 1 atom stereocenters. The minimum absolute atomic E-state index is 0.0433. The molecule has 0 fully saturated rings. The lowest BCUT2D eigenvalue weighted by atomic mass is 9.94. The molecule has 0 saturated carbocycles. The van der Waals surface area contributed by atoms with Gasteiger partial charge in [0.1, 0.15) is 18.0 Å². The molecule has 6 rings (SSSR count). The maximum Gasteiger partial charge on any atom is 0.254 e. The molecule has 2 aromatic carbocycles. The number of nitrogens with one attached hydrogen (secondary N) is 1. The number of nitrogens with zero attached hydrogens (tertiary/aromatic N) is 3. The molecule has 34 heavy (non-hydrogen) atoms. The number of hydrogen-bond donors (Lipinski definition) is 1. The van der Waals surface area contributed by atoms with E-state index in [1.165, 1.54) is 0 Å². The van der Waals surface area contributed by atoms with Gasteiger partial charge in [-0.05, 0) is 47.9 Å². The van der Waals surface area contributed by atoms with Gasteiger partial charge < -0.3 is 24.3 Å². The molecule has 0 spiro atoms. The Kier molecular flexibility index (Phi) is 5.20. The summed E-state index contributed by atoms with van der Waals surface area (Å²) in [6.45, 7) is 2.41. The van der Waals surface area contributed by atoms with E-state index in [2.05, 4.69) is 10.3 Å². The molecule has 174 valence electrons. The number of carbonyl (C=O) groups is 2. The Bertz CT molecular complexity index is 1270. The second kappa shape index (κ2) is 8.52. The third kappa shape index (κ3) is 3.69. The molecular formula is C26H26N4O4. The largest absolute Gasteiger partial charge is 0.494 e. The number of amides is 2. The van der Waals surface area contributed by atoms with Crippen LogP contribution in [-0.2, 0) is 24.2 Å². The fraction of sp³-hybridized carbons (Fsp3) is 0.346. The highest BCUT2D eigenvalue weighted by molar-refractivity contribution is 5.95. The van der Waals surface area contributed by atoms with Crippen molar-refractivity contribution in [3.8, 4) is 11.5 Å². The molecule has 1 N–H and O–H groups in total. The summed E-state index contributed by atoms with van der Waals surface area (Å²) in [4.78, 5) is 33.0. The van der Waals surface area contributed by atoms with Gasteiger partial charge in [0.2, 0.25) is 5.91 Å². The Balaban J connectivity index is 1.45. The fourth-order valence-electron chi connectivity index (χ4n) is 5.09. The Morgan fingerprint density at radius 1 is 1.09 bits per heavy atom. The van der Waals surface area contributed by atoms with E-state index >= 15 is 0 Å². The summed E-state index contributed by atoms with van der Waals surface area (Å²) in [5, 5.41) is 2.95. The first-order valence-corrected chi connectivity index (χ1v) is 11.8. The molecule has 0 saturated heterocycles. The van der Waals surface area contributed by atoms with Gasteiger partial charge in [0, 0.05) is 31.5 Å². The SMILES string of the molecule is O=C1Cn2cnc3c2C(c2cccc(c2)OCCCN1)N(C(=O)c1ccc2c(c1)CCO2)CC3. The van der Waals surface area contributed by atoms with Crippen LogP contribution in [0.1, 0.15) is 45.3 Å². The van der Waals surface area contributed by atoms with Crippen molar-refractivity contribution in [3.63, 3.8) is 0 Å². The lowest BCUT2D eigenvalue weighted by molar-refractivity contribution is -0.121. The van der Waals surface area contributed by atoms with Crippen molar-refractivity contribution in [3.05, 3.63) is 76.9 Å². The van der Waals surface area contributed by atoms with Crippen LogP contribution in [0.3, 0.4) is 0 Å². The Morgan fingerprint density at radius 3 is 2.97 bits per heavy atom. The number of ether oxygens (including phenoxy) is 2. The molecule has 8 nitrogen and oxygen atoms in total. The number of fused-ring (bicyclic) bond motifs is 4. The summed E-state index contributed by atoms with van der Waals surface area (Å²) >= 11 is 0. The van der Waals surface area contributed by atoms with Gasteiger partial charge in [0.15, 0.2) is 0 Å². The Hall–Kier alpha value is -3.81. The van der Waals surface area contributed by atoms with Crippen LogP contribution >= 0.6 is 0 Å². The van der Waals surface area contributed by atoms with Gasteiger partial charge >= 0.3 is 0 Å². The second-order valence-corrected chi connectivity index (χ2v) is 8.90. The molecule has 3 aromatic rings. The third-order valence-electron chi connectivity index (χ3n) is 6.72. The normalized spacial score (nSPS) is 19.4. The smallest absolute Gasteiger partial charge is 0.254 e. The Labute approximate surface area is 197 Å². The zero-order chi connectivity index (χ0) is 23.1. The maximum atomic E-state index is 13.9. The summed E-state index contributed by atoms with van der Waals surface area (Å²) < 4.78 is 13.5. The first-order chi connectivity index (χ1) is 16.7. The van der Waals surface area contributed by atoms with E-state index in [-0.39, 0.29) is 24.4 Å². The van der Waals surface area contributed by atoms with Gasteiger partial charge in [-0.25, -0.2) is 4.98 Å². The van der Waals surface area contributed by atoms with E-state index in [4.69, 9.17) is 9.47 Å². The van der Waals surface area contributed by atoms with Crippen LogP contribution in [0.25, 0.3) is 0 Å². The fourth-order valence-corrected chi connectivity index (χ4v) is 5.09. The van der Waals surface area contributed by atoms with Crippen molar-refractivity contribution in [2.75, 3.05) is 26.3 Å². The van der Waals surface area contributed by atoms with Crippen LogP contribution in [0.2, 0.25) is 0 Å². The van der Waals surface area contributed by atoms with Crippen LogP contribution < -0.4 is 14.8 Å². The molecule has 1 unspecified atom stereocenters. The van der Waals surface area contributed by atoms with Crippen molar-refractivity contribution >= 4 is 11.8 Å². The van der Waals surface area contributed by atoms with Crippen LogP contribution in [-0.4, -0.2) is 52.6 Å². The highest BCUT2D eigenvalue weighted by Crippen LogP contribution is 2.38. The molecule has 3 aliphatic heterocycles. The van der Waals surface area contributed by atoms with Crippen LogP contribution in [0.15, 0.2) is 48.8 Å². The van der Waals surface area contributed by atoms with Gasteiger partial charge in [-0.3, -0.25) is 9.59 Å². The van der Waals surface area contributed by atoms with Crippen molar-refractivity contribution in [2.24, 2.45) is 0 Å². The molecule has 1 aromatic heterocycles. The lowest BCUT2D eigenvalue weighted by Crippen LogP contribution is -2.42. The predicted octanol–water partition coefficient (Wildman–Crippen LogP) is 2.50. The van der Waals surface area contributed by atoms with Crippen LogP contribution in [0, 0.1) is 0 Å². The van der Waals surface area contributed by atoms with E-state index in [0.29, 0.717) is 44.7 Å². The molecule has 0 aliphatic carbocycles. The number of benzene rings is 2. The Morgan fingerprint density at radius 2 is 2.03 bits per heavy atom. The van der Waals surface area contributed by atoms with E-state index in [1.807, 2.05) is 51.9 Å². The summed E-state index contributed by atoms with van der Waals surface area (Å²) in [6.07, 6.45) is 3.88. The molecular weight excluding hydrogens is 432 g/mol. The van der Waals surface area contributed by atoms with E-state index in [0.717, 1.165) is 40.4 Å². The van der Waals surface area contributed by atoms with Gasteiger partial charge in [0.05, 0.1) is 37.0 Å². The van der Waals surface area contributed by atoms with Crippen molar-refractivity contribution in [1.29, 1.82) is 0 Å². The molecule has 0 radical (unpaired) electrons. The van der Waals surface area contributed by atoms with Crippen LogP contribution in [0.4, 0.5) is 0 Å². The molecule has 2 amide bonds. The van der Waals surface area contributed by atoms with E-state index in [9.17, 15) is 9.59 Å². The number of aromatic nitrogens is 2. The minimum Gasteiger partial charge on any atom is -0.494 e. The first-order valence-electron chi connectivity index (χ1n) is 11.8. The zero-order valence-electron chi connectivity index (χ0n) is 18.8. The number of carbonyl (C=O) groups excluding carboxylic acids is 2. The number of rotatable bonds is 1. The minimum atomic E-state index is -0.375. The van der Waals surface area contributed by atoms with Gasteiger partial charge in [-0.1, -0.05) is 12.1 Å². The predicted molar refractivity (Wildman–Crippen MR) is 124 cm³/mol. The number of hydrogen-bond acceptors (Lipinski definition) is 5. The molecule has 8 heteroatoms.